The van der Waals surface area contributed by atoms with E-state index < -0.39 is 0 Å². The molecule has 0 unspecified atom stereocenters. The van der Waals surface area contributed by atoms with Crippen molar-refractivity contribution in [2.45, 2.75) is 0 Å². The maximum Gasteiger partial charge on any atom is 0.259 e. The molecule has 170 valence electrons. The number of nitrogens with zero attached hydrogens (tertiary/aromatic N) is 4. The minimum Gasteiger partial charge on any atom is -0.488 e. The van der Waals surface area contributed by atoms with Crippen molar-refractivity contribution >= 4 is 11.8 Å². The van der Waals surface area contributed by atoms with Gasteiger partial charge < -0.3 is 24.0 Å². The van der Waals surface area contributed by atoms with Crippen molar-refractivity contribution in [1.82, 2.24) is 19.7 Å². The summed E-state index contributed by atoms with van der Waals surface area (Å²) < 4.78 is 17.3. The largest absolute Gasteiger partial charge is 0.488 e. The maximum absolute atomic E-state index is 13.1. The molecule has 0 aliphatic carbocycles. The van der Waals surface area contributed by atoms with Gasteiger partial charge in [0.1, 0.15) is 12.2 Å². The standard InChI is InChI=1S/C23H28N4O5/c1-25-9-10-26(17-21(28)27-12-14-30-15-13-27)11-16-31-19-6-2-3-7-20(19)32-22-18(23(25)29)5-4-8-24-22/h2-8H,9-17H2,1H3. The molecule has 1 fully saturated rings. The van der Waals surface area contributed by atoms with Gasteiger partial charge in [0.15, 0.2) is 11.5 Å². The van der Waals surface area contributed by atoms with Gasteiger partial charge in [0.2, 0.25) is 11.8 Å². The molecule has 3 heterocycles. The molecule has 0 saturated carbocycles. The van der Waals surface area contributed by atoms with Crippen LogP contribution in [-0.2, 0) is 9.53 Å². The lowest BCUT2D eigenvalue weighted by molar-refractivity contribution is -0.136. The highest BCUT2D eigenvalue weighted by atomic mass is 16.5. The van der Waals surface area contributed by atoms with Gasteiger partial charge >= 0.3 is 0 Å². The summed E-state index contributed by atoms with van der Waals surface area (Å²) in [7, 11) is 1.74. The summed E-state index contributed by atoms with van der Waals surface area (Å²) in [6.45, 7) is 4.53. The predicted molar refractivity (Wildman–Crippen MR) is 117 cm³/mol. The zero-order chi connectivity index (χ0) is 22.3. The normalized spacial score (nSPS) is 18.2. The molecule has 0 atom stereocenters. The highest BCUT2D eigenvalue weighted by Crippen LogP contribution is 2.32. The number of likely N-dealkylation sites (N-methyl/N-ethyl adjacent to an activating group) is 1. The highest BCUT2D eigenvalue weighted by Gasteiger charge is 2.23. The number of amides is 2. The number of fused-ring (bicyclic) bond motifs is 2. The summed E-state index contributed by atoms with van der Waals surface area (Å²) in [5.41, 5.74) is 0.375. The number of para-hydroxylation sites is 2. The fourth-order valence-corrected chi connectivity index (χ4v) is 3.65. The first-order chi connectivity index (χ1) is 15.6. The molecule has 2 amide bonds. The molecule has 2 aliphatic heterocycles. The molecular weight excluding hydrogens is 412 g/mol. The van der Waals surface area contributed by atoms with Crippen LogP contribution in [0.3, 0.4) is 0 Å². The molecule has 0 spiro atoms. The molecule has 1 aromatic heterocycles. The summed E-state index contributed by atoms with van der Waals surface area (Å²) in [6.07, 6.45) is 1.59. The second kappa shape index (κ2) is 10.4. The van der Waals surface area contributed by atoms with Crippen LogP contribution in [0.5, 0.6) is 17.4 Å². The number of hydrogen-bond acceptors (Lipinski definition) is 7. The van der Waals surface area contributed by atoms with E-state index in [-0.39, 0.29) is 24.2 Å². The smallest absolute Gasteiger partial charge is 0.259 e. The van der Waals surface area contributed by atoms with Crippen molar-refractivity contribution in [3.05, 3.63) is 48.2 Å². The van der Waals surface area contributed by atoms with E-state index in [1.54, 1.807) is 36.3 Å². The second-order valence-electron chi connectivity index (χ2n) is 7.75. The Morgan fingerprint density at radius 3 is 2.56 bits per heavy atom. The van der Waals surface area contributed by atoms with Gasteiger partial charge in [0.05, 0.1) is 19.8 Å². The molecule has 32 heavy (non-hydrogen) atoms. The molecule has 2 aromatic rings. The Bertz CT molecular complexity index is 947. The van der Waals surface area contributed by atoms with Crippen molar-refractivity contribution < 1.29 is 23.8 Å². The first-order valence-electron chi connectivity index (χ1n) is 10.8. The molecule has 0 N–H and O–H groups in total. The van der Waals surface area contributed by atoms with E-state index in [0.717, 1.165) is 0 Å². The van der Waals surface area contributed by atoms with Crippen LogP contribution in [0, 0.1) is 0 Å². The Morgan fingerprint density at radius 1 is 0.969 bits per heavy atom. The number of carbonyl (C=O) groups excluding carboxylic acids is 2. The molecule has 9 nitrogen and oxygen atoms in total. The lowest BCUT2D eigenvalue weighted by Gasteiger charge is -2.30. The zero-order valence-electron chi connectivity index (χ0n) is 18.2. The van der Waals surface area contributed by atoms with Gasteiger partial charge in [-0.15, -0.1) is 0 Å². The summed E-state index contributed by atoms with van der Waals surface area (Å²) >= 11 is 0. The maximum atomic E-state index is 13.1. The molecule has 0 bridgehead atoms. The van der Waals surface area contributed by atoms with Crippen molar-refractivity contribution in [1.29, 1.82) is 0 Å². The first kappa shape index (κ1) is 22.0. The number of ether oxygens (including phenoxy) is 3. The average molecular weight is 441 g/mol. The van der Waals surface area contributed by atoms with Crippen molar-refractivity contribution in [3.8, 4) is 17.4 Å². The van der Waals surface area contributed by atoms with Crippen molar-refractivity contribution in [2.75, 3.05) is 66.1 Å². The van der Waals surface area contributed by atoms with Crippen LogP contribution in [0.1, 0.15) is 10.4 Å². The topological polar surface area (TPSA) is 84.4 Å². The van der Waals surface area contributed by atoms with E-state index in [2.05, 4.69) is 4.98 Å². The number of benzene rings is 1. The Hall–Kier alpha value is -3.17. The lowest BCUT2D eigenvalue weighted by atomic mass is 10.2. The first-order valence-corrected chi connectivity index (χ1v) is 10.8. The summed E-state index contributed by atoms with van der Waals surface area (Å²) in [4.78, 5) is 35.6. The monoisotopic (exact) mass is 440 g/mol. The van der Waals surface area contributed by atoms with Crippen molar-refractivity contribution in [2.24, 2.45) is 0 Å². The lowest BCUT2D eigenvalue weighted by Crippen LogP contribution is -2.47. The van der Waals surface area contributed by atoms with E-state index in [1.807, 2.05) is 28.0 Å². The summed E-state index contributed by atoms with van der Waals surface area (Å²) in [6, 6.07) is 10.7. The van der Waals surface area contributed by atoms with Crippen LogP contribution in [0.2, 0.25) is 0 Å². The van der Waals surface area contributed by atoms with Crippen LogP contribution in [0.25, 0.3) is 0 Å². The van der Waals surface area contributed by atoms with E-state index in [1.165, 1.54) is 0 Å². The van der Waals surface area contributed by atoms with Crippen LogP contribution in [-0.4, -0.2) is 97.6 Å². The Labute approximate surface area is 187 Å². The van der Waals surface area contributed by atoms with Crippen LogP contribution in [0.15, 0.2) is 42.6 Å². The average Bonchev–Trinajstić information content (AvgIpc) is 2.84. The predicted octanol–water partition coefficient (Wildman–Crippen LogP) is 1.50. The van der Waals surface area contributed by atoms with E-state index in [9.17, 15) is 9.59 Å². The van der Waals surface area contributed by atoms with Gasteiger partial charge in [-0.25, -0.2) is 4.98 Å². The minimum absolute atomic E-state index is 0.0601. The SMILES string of the molecule is CN1CCN(CC(=O)N2CCOCC2)CCOc2ccccc2Oc2ncccc2C1=O. The number of pyridine rings is 1. The fraction of sp³-hybridized carbons (Fsp3) is 0.435. The number of hydrogen-bond donors (Lipinski definition) is 0. The molecule has 0 radical (unpaired) electrons. The third-order valence-electron chi connectivity index (χ3n) is 5.54. The van der Waals surface area contributed by atoms with Gasteiger partial charge in [-0.2, -0.15) is 0 Å². The zero-order valence-corrected chi connectivity index (χ0v) is 18.2. The highest BCUT2D eigenvalue weighted by molar-refractivity contribution is 5.96. The Balaban J connectivity index is 1.55. The van der Waals surface area contributed by atoms with Gasteiger partial charge in [0, 0.05) is 46.0 Å². The molecular formula is C23H28N4O5. The number of rotatable bonds is 2. The van der Waals surface area contributed by atoms with E-state index >= 15 is 0 Å². The van der Waals surface area contributed by atoms with E-state index in [4.69, 9.17) is 14.2 Å². The van der Waals surface area contributed by atoms with Crippen LogP contribution in [0.4, 0.5) is 0 Å². The van der Waals surface area contributed by atoms with E-state index in [0.29, 0.717) is 69.6 Å². The van der Waals surface area contributed by atoms with Gasteiger partial charge in [-0.05, 0) is 24.3 Å². The summed E-state index contributed by atoms with van der Waals surface area (Å²) in [5, 5.41) is 0. The third kappa shape index (κ3) is 5.35. The van der Waals surface area contributed by atoms with Crippen LogP contribution >= 0.6 is 0 Å². The van der Waals surface area contributed by atoms with Gasteiger partial charge in [0.25, 0.3) is 5.91 Å². The van der Waals surface area contributed by atoms with Gasteiger partial charge in [-0.1, -0.05) is 12.1 Å². The van der Waals surface area contributed by atoms with Crippen molar-refractivity contribution in [3.63, 3.8) is 0 Å². The van der Waals surface area contributed by atoms with Crippen LogP contribution < -0.4 is 9.47 Å². The third-order valence-corrected chi connectivity index (χ3v) is 5.54. The Kier molecular flexibility index (Phi) is 7.18. The number of morpholine rings is 1. The molecule has 1 aromatic carbocycles. The van der Waals surface area contributed by atoms with Gasteiger partial charge in [-0.3, -0.25) is 14.5 Å². The number of carbonyl (C=O) groups is 2. The minimum atomic E-state index is -0.190. The molecule has 1 saturated heterocycles. The fourth-order valence-electron chi connectivity index (χ4n) is 3.65. The summed E-state index contributed by atoms with van der Waals surface area (Å²) in [5.74, 6) is 1.15. The molecule has 2 aliphatic rings. The Morgan fingerprint density at radius 2 is 1.75 bits per heavy atom. The molecule has 4 rings (SSSR count). The quantitative estimate of drug-likeness (QED) is 0.700. The molecule has 9 heteroatoms. The second-order valence-corrected chi connectivity index (χ2v) is 7.75. The number of aromatic nitrogens is 1.